The molecule has 1 aromatic heterocycles. The smallest absolute Gasteiger partial charge is 0.404 e. The number of anilines is 1. The fourth-order valence-electron chi connectivity index (χ4n) is 1.74. The van der Waals surface area contributed by atoms with Gasteiger partial charge in [-0.1, -0.05) is 30.3 Å². The zero-order chi connectivity index (χ0) is 15.2. The zero-order valence-corrected chi connectivity index (χ0v) is 13.1. The number of benzene rings is 1. The number of halogens is 2. The molecule has 0 bridgehead atoms. The fraction of sp³-hybridized carbons (Fsp3) is 0.154. The summed E-state index contributed by atoms with van der Waals surface area (Å²) in [5.41, 5.74) is 0.924. The minimum absolute atomic E-state index is 0.110. The van der Waals surface area contributed by atoms with Gasteiger partial charge in [0, 0.05) is 12.7 Å². The third-order valence-electron chi connectivity index (χ3n) is 2.69. The van der Waals surface area contributed by atoms with Crippen LogP contribution in [0.2, 0.25) is 5.28 Å². The number of rotatable bonds is 5. The molecular formula is C13H12BrClN4O2. The Hall–Kier alpha value is -1.86. The molecule has 2 aromatic rings. The highest BCUT2D eigenvalue weighted by Crippen LogP contribution is 2.25. The van der Waals surface area contributed by atoms with Crippen LogP contribution >= 0.6 is 27.5 Å². The highest BCUT2D eigenvalue weighted by Gasteiger charge is 2.15. The molecule has 0 spiro atoms. The van der Waals surface area contributed by atoms with Crippen molar-refractivity contribution >= 4 is 39.4 Å². The van der Waals surface area contributed by atoms with Gasteiger partial charge in [0.15, 0.2) is 0 Å². The monoisotopic (exact) mass is 370 g/mol. The Morgan fingerprint density at radius 1 is 1.38 bits per heavy atom. The molecule has 0 saturated heterocycles. The summed E-state index contributed by atoms with van der Waals surface area (Å²) < 4.78 is 0.642. The maximum absolute atomic E-state index is 10.7. The van der Waals surface area contributed by atoms with Crippen LogP contribution in [0.1, 0.15) is 11.6 Å². The molecule has 1 heterocycles. The number of hydrogen-bond acceptors (Lipinski definition) is 4. The molecule has 1 amide bonds. The van der Waals surface area contributed by atoms with Crippen LogP contribution in [0.15, 0.2) is 41.0 Å². The molecule has 0 saturated carbocycles. The van der Waals surface area contributed by atoms with Crippen molar-refractivity contribution in [3.63, 3.8) is 0 Å². The maximum Gasteiger partial charge on any atom is 0.404 e. The lowest BCUT2D eigenvalue weighted by atomic mass is 10.1. The van der Waals surface area contributed by atoms with Crippen molar-refractivity contribution < 1.29 is 9.90 Å². The second-order valence-corrected chi connectivity index (χ2v) is 5.32. The van der Waals surface area contributed by atoms with Gasteiger partial charge >= 0.3 is 6.09 Å². The Morgan fingerprint density at radius 2 is 2.10 bits per heavy atom. The Labute approximate surface area is 134 Å². The van der Waals surface area contributed by atoms with E-state index in [-0.39, 0.29) is 17.9 Å². The van der Waals surface area contributed by atoms with Gasteiger partial charge in [0.05, 0.1) is 10.5 Å². The van der Waals surface area contributed by atoms with Crippen molar-refractivity contribution in [2.75, 3.05) is 11.9 Å². The van der Waals surface area contributed by atoms with Gasteiger partial charge < -0.3 is 15.7 Å². The van der Waals surface area contributed by atoms with E-state index in [1.54, 1.807) is 0 Å². The third kappa shape index (κ3) is 4.57. The fourth-order valence-corrected chi connectivity index (χ4v) is 2.18. The standard InChI is InChI=1S/C13H12BrClN4O2/c14-9-6-16-12(15)19-11(9)18-10(7-17-13(20)21)8-4-2-1-3-5-8/h1-6,10,17H,7H2,(H,20,21)(H,16,18,19)/t10-/m0/s1. The molecule has 2 rings (SSSR count). The summed E-state index contributed by atoms with van der Waals surface area (Å²) in [7, 11) is 0. The van der Waals surface area contributed by atoms with E-state index >= 15 is 0 Å². The highest BCUT2D eigenvalue weighted by atomic mass is 79.9. The molecule has 3 N–H and O–H groups in total. The predicted octanol–water partition coefficient (Wildman–Crippen LogP) is 3.31. The van der Waals surface area contributed by atoms with Crippen LogP contribution in [0.5, 0.6) is 0 Å². The van der Waals surface area contributed by atoms with E-state index in [4.69, 9.17) is 16.7 Å². The molecular weight excluding hydrogens is 360 g/mol. The summed E-state index contributed by atoms with van der Waals surface area (Å²) in [6.45, 7) is 0.188. The van der Waals surface area contributed by atoms with E-state index in [9.17, 15) is 4.79 Å². The minimum atomic E-state index is -1.09. The maximum atomic E-state index is 10.7. The van der Waals surface area contributed by atoms with Crippen molar-refractivity contribution in [2.24, 2.45) is 0 Å². The summed E-state index contributed by atoms with van der Waals surface area (Å²) in [5, 5.41) is 14.4. The average molecular weight is 372 g/mol. The number of aromatic nitrogens is 2. The zero-order valence-electron chi connectivity index (χ0n) is 10.8. The van der Waals surface area contributed by atoms with Crippen molar-refractivity contribution in [1.29, 1.82) is 0 Å². The lowest BCUT2D eigenvalue weighted by molar-refractivity contribution is 0.194. The average Bonchev–Trinajstić information content (AvgIpc) is 2.47. The predicted molar refractivity (Wildman–Crippen MR) is 83.6 cm³/mol. The van der Waals surface area contributed by atoms with Crippen LogP contribution in [0.4, 0.5) is 10.6 Å². The van der Waals surface area contributed by atoms with Crippen LogP contribution in [-0.2, 0) is 0 Å². The first-order chi connectivity index (χ1) is 10.1. The SMILES string of the molecule is O=C(O)NC[C@H](Nc1nc(Cl)ncc1Br)c1ccccc1. The Balaban J connectivity index is 2.23. The van der Waals surface area contributed by atoms with E-state index in [1.807, 2.05) is 30.3 Å². The molecule has 0 radical (unpaired) electrons. The van der Waals surface area contributed by atoms with Crippen LogP contribution in [-0.4, -0.2) is 27.7 Å². The van der Waals surface area contributed by atoms with Crippen LogP contribution < -0.4 is 10.6 Å². The quantitative estimate of drug-likeness (QED) is 0.702. The molecule has 0 aliphatic heterocycles. The number of nitrogens with zero attached hydrogens (tertiary/aromatic N) is 2. The molecule has 0 aliphatic carbocycles. The van der Waals surface area contributed by atoms with Gasteiger partial charge in [-0.2, -0.15) is 4.98 Å². The molecule has 1 aromatic carbocycles. The number of carbonyl (C=O) groups is 1. The first-order valence-corrected chi connectivity index (χ1v) is 7.19. The Kier molecular flexibility index (Phi) is 5.35. The normalized spacial score (nSPS) is 11.7. The molecule has 1 atom stereocenters. The number of carboxylic acid groups (broad SMARTS) is 1. The number of amides is 1. The molecule has 110 valence electrons. The molecule has 6 nitrogen and oxygen atoms in total. The third-order valence-corrected chi connectivity index (χ3v) is 3.45. The molecule has 0 unspecified atom stereocenters. The van der Waals surface area contributed by atoms with Gasteiger partial charge in [-0.15, -0.1) is 0 Å². The lowest BCUT2D eigenvalue weighted by Crippen LogP contribution is -2.30. The van der Waals surface area contributed by atoms with Gasteiger partial charge in [0.25, 0.3) is 0 Å². The number of hydrogen-bond donors (Lipinski definition) is 3. The van der Waals surface area contributed by atoms with Gasteiger partial charge in [0.2, 0.25) is 5.28 Å². The summed E-state index contributed by atoms with van der Waals surface area (Å²) in [4.78, 5) is 18.7. The van der Waals surface area contributed by atoms with Gasteiger partial charge in [-0.25, -0.2) is 9.78 Å². The van der Waals surface area contributed by atoms with E-state index in [0.29, 0.717) is 10.3 Å². The van der Waals surface area contributed by atoms with Gasteiger partial charge in [-0.05, 0) is 33.1 Å². The van der Waals surface area contributed by atoms with Gasteiger partial charge in [-0.3, -0.25) is 0 Å². The highest BCUT2D eigenvalue weighted by molar-refractivity contribution is 9.10. The molecule has 21 heavy (non-hydrogen) atoms. The second-order valence-electron chi connectivity index (χ2n) is 4.13. The molecule has 8 heteroatoms. The molecule has 0 aliphatic rings. The van der Waals surface area contributed by atoms with Crippen molar-refractivity contribution in [3.8, 4) is 0 Å². The van der Waals surface area contributed by atoms with Crippen LogP contribution in [0, 0.1) is 0 Å². The van der Waals surface area contributed by atoms with E-state index < -0.39 is 6.09 Å². The second kappa shape index (κ2) is 7.24. The van der Waals surface area contributed by atoms with Crippen molar-refractivity contribution in [2.45, 2.75) is 6.04 Å². The topological polar surface area (TPSA) is 87.1 Å². The summed E-state index contributed by atoms with van der Waals surface area (Å²) in [6.07, 6.45) is 0.446. The Morgan fingerprint density at radius 3 is 2.76 bits per heavy atom. The summed E-state index contributed by atoms with van der Waals surface area (Å²) >= 11 is 9.11. The summed E-state index contributed by atoms with van der Waals surface area (Å²) in [6, 6.07) is 9.17. The largest absolute Gasteiger partial charge is 0.465 e. The van der Waals surface area contributed by atoms with E-state index in [2.05, 4.69) is 36.5 Å². The van der Waals surface area contributed by atoms with Crippen molar-refractivity contribution in [1.82, 2.24) is 15.3 Å². The van der Waals surface area contributed by atoms with E-state index in [1.165, 1.54) is 6.20 Å². The minimum Gasteiger partial charge on any atom is -0.465 e. The van der Waals surface area contributed by atoms with Crippen molar-refractivity contribution in [3.05, 3.63) is 51.8 Å². The first kappa shape index (κ1) is 15.5. The summed E-state index contributed by atoms with van der Waals surface area (Å²) in [5.74, 6) is 0.496. The molecule has 0 fully saturated rings. The first-order valence-electron chi connectivity index (χ1n) is 6.02. The van der Waals surface area contributed by atoms with Crippen LogP contribution in [0.3, 0.4) is 0 Å². The Bertz CT molecular complexity index is 627. The van der Waals surface area contributed by atoms with Crippen LogP contribution in [0.25, 0.3) is 0 Å². The van der Waals surface area contributed by atoms with E-state index in [0.717, 1.165) is 5.56 Å². The lowest BCUT2D eigenvalue weighted by Gasteiger charge is -2.20. The number of nitrogens with one attached hydrogen (secondary N) is 2. The van der Waals surface area contributed by atoms with Gasteiger partial charge in [0.1, 0.15) is 5.82 Å².